The Morgan fingerprint density at radius 2 is 2.22 bits per heavy atom. The van der Waals surface area contributed by atoms with Gasteiger partial charge in [0.15, 0.2) is 0 Å². The van der Waals surface area contributed by atoms with E-state index in [0.717, 1.165) is 36.7 Å². The van der Waals surface area contributed by atoms with Crippen molar-refractivity contribution in [1.82, 2.24) is 9.97 Å². The normalized spacial score (nSPS) is 18.2. The van der Waals surface area contributed by atoms with Crippen LogP contribution in [0.3, 0.4) is 0 Å². The van der Waals surface area contributed by atoms with Crippen LogP contribution in [0.5, 0.6) is 0 Å². The number of aliphatic carboxylic acids is 1. The van der Waals surface area contributed by atoms with Gasteiger partial charge in [0.25, 0.3) is 0 Å². The Balaban J connectivity index is 2.22. The van der Waals surface area contributed by atoms with Crippen LogP contribution in [-0.2, 0) is 17.6 Å². The SMILES string of the molecule is CCN(CC)c1ncc2c(n1)CCC(C(=O)O)C2. The minimum atomic E-state index is -0.714. The lowest BCUT2D eigenvalue weighted by atomic mass is 9.87. The van der Waals surface area contributed by atoms with Crippen LogP contribution in [0, 0.1) is 5.92 Å². The van der Waals surface area contributed by atoms with Gasteiger partial charge in [0.2, 0.25) is 5.95 Å². The summed E-state index contributed by atoms with van der Waals surface area (Å²) in [5.74, 6) is -0.235. The van der Waals surface area contributed by atoms with E-state index >= 15 is 0 Å². The van der Waals surface area contributed by atoms with E-state index in [0.29, 0.717) is 12.8 Å². The predicted octanol–water partition coefficient (Wildman–Crippen LogP) is 1.51. The van der Waals surface area contributed by atoms with Crippen LogP contribution < -0.4 is 4.90 Å². The number of rotatable bonds is 4. The topological polar surface area (TPSA) is 66.3 Å². The van der Waals surface area contributed by atoms with Crippen molar-refractivity contribution < 1.29 is 9.90 Å². The summed E-state index contributed by atoms with van der Waals surface area (Å²) in [7, 11) is 0. The minimum absolute atomic E-state index is 0.277. The average Bonchev–Trinajstić information content (AvgIpc) is 2.39. The lowest BCUT2D eigenvalue weighted by Crippen LogP contribution is -2.27. The van der Waals surface area contributed by atoms with Gasteiger partial charge < -0.3 is 10.0 Å². The Labute approximate surface area is 107 Å². The highest BCUT2D eigenvalue weighted by Crippen LogP contribution is 2.25. The molecule has 5 nitrogen and oxygen atoms in total. The second kappa shape index (κ2) is 5.33. The molecule has 1 unspecified atom stereocenters. The van der Waals surface area contributed by atoms with E-state index in [1.807, 2.05) is 0 Å². The second-order valence-corrected chi connectivity index (χ2v) is 4.59. The second-order valence-electron chi connectivity index (χ2n) is 4.59. The smallest absolute Gasteiger partial charge is 0.306 e. The zero-order valence-corrected chi connectivity index (χ0v) is 10.9. The number of anilines is 1. The van der Waals surface area contributed by atoms with Crippen molar-refractivity contribution in [3.8, 4) is 0 Å². The molecule has 0 bridgehead atoms. The number of hydrogen-bond acceptors (Lipinski definition) is 4. The molecule has 5 heteroatoms. The first-order chi connectivity index (χ1) is 8.65. The largest absolute Gasteiger partial charge is 0.481 e. The number of carboxylic acid groups (broad SMARTS) is 1. The molecule has 0 saturated carbocycles. The third-order valence-electron chi connectivity index (χ3n) is 3.53. The van der Waals surface area contributed by atoms with Crippen molar-refractivity contribution in [2.45, 2.75) is 33.1 Å². The number of nitrogens with zero attached hydrogens (tertiary/aromatic N) is 3. The summed E-state index contributed by atoms with van der Waals surface area (Å²) in [6.07, 6.45) is 3.77. The summed E-state index contributed by atoms with van der Waals surface area (Å²) in [5, 5.41) is 9.03. The Morgan fingerprint density at radius 1 is 1.50 bits per heavy atom. The number of aryl methyl sites for hydroxylation is 1. The molecule has 98 valence electrons. The Kier molecular flexibility index (Phi) is 3.79. The first-order valence-electron chi connectivity index (χ1n) is 6.48. The highest BCUT2D eigenvalue weighted by molar-refractivity contribution is 5.70. The molecular weight excluding hydrogens is 230 g/mol. The van der Waals surface area contributed by atoms with Crippen LogP contribution in [-0.4, -0.2) is 34.1 Å². The number of carbonyl (C=O) groups is 1. The molecule has 1 aliphatic carbocycles. The van der Waals surface area contributed by atoms with Gasteiger partial charge in [-0.3, -0.25) is 4.79 Å². The van der Waals surface area contributed by atoms with Crippen molar-refractivity contribution >= 4 is 11.9 Å². The first-order valence-corrected chi connectivity index (χ1v) is 6.48. The van der Waals surface area contributed by atoms with E-state index in [2.05, 4.69) is 28.7 Å². The molecule has 0 radical (unpaired) electrons. The maximum Gasteiger partial charge on any atom is 0.306 e. The van der Waals surface area contributed by atoms with Gasteiger partial charge in [-0.2, -0.15) is 0 Å². The molecule has 0 amide bonds. The average molecular weight is 249 g/mol. The molecule has 1 aromatic rings. The summed E-state index contributed by atoms with van der Waals surface area (Å²) < 4.78 is 0. The summed E-state index contributed by atoms with van der Waals surface area (Å²) >= 11 is 0. The fourth-order valence-electron chi connectivity index (χ4n) is 2.37. The van der Waals surface area contributed by atoms with Gasteiger partial charge in [-0.1, -0.05) is 0 Å². The fraction of sp³-hybridized carbons (Fsp3) is 0.615. The summed E-state index contributed by atoms with van der Waals surface area (Å²) in [5.41, 5.74) is 2.01. The number of carboxylic acids is 1. The van der Waals surface area contributed by atoms with E-state index in [-0.39, 0.29) is 5.92 Å². The third-order valence-corrected chi connectivity index (χ3v) is 3.53. The standard InChI is InChI=1S/C13H19N3O2/c1-3-16(4-2)13-14-8-10-7-9(12(17)18)5-6-11(10)15-13/h8-9H,3-7H2,1-2H3,(H,17,18). The van der Waals surface area contributed by atoms with Gasteiger partial charge in [0.05, 0.1) is 5.92 Å². The van der Waals surface area contributed by atoms with Gasteiger partial charge >= 0.3 is 5.97 Å². The van der Waals surface area contributed by atoms with Crippen LogP contribution in [0.25, 0.3) is 0 Å². The van der Waals surface area contributed by atoms with Gasteiger partial charge in [0, 0.05) is 25.0 Å². The maximum atomic E-state index is 11.0. The van der Waals surface area contributed by atoms with Crippen LogP contribution in [0.15, 0.2) is 6.20 Å². The van der Waals surface area contributed by atoms with Crippen molar-refractivity contribution in [1.29, 1.82) is 0 Å². The van der Waals surface area contributed by atoms with Gasteiger partial charge in [-0.25, -0.2) is 9.97 Å². The van der Waals surface area contributed by atoms with Crippen molar-refractivity contribution in [2.75, 3.05) is 18.0 Å². The van der Waals surface area contributed by atoms with E-state index in [1.165, 1.54) is 0 Å². The summed E-state index contributed by atoms with van der Waals surface area (Å²) in [4.78, 5) is 22.0. The van der Waals surface area contributed by atoms with Crippen LogP contribution in [0.2, 0.25) is 0 Å². The van der Waals surface area contributed by atoms with Crippen molar-refractivity contribution in [3.05, 3.63) is 17.5 Å². The molecule has 1 N–H and O–H groups in total. The molecule has 0 aromatic carbocycles. The zero-order chi connectivity index (χ0) is 13.1. The van der Waals surface area contributed by atoms with Crippen molar-refractivity contribution in [2.24, 2.45) is 5.92 Å². The lowest BCUT2D eigenvalue weighted by molar-refractivity contribution is -0.142. The van der Waals surface area contributed by atoms with Gasteiger partial charge in [-0.15, -0.1) is 0 Å². The minimum Gasteiger partial charge on any atom is -0.481 e. The lowest BCUT2D eigenvalue weighted by Gasteiger charge is -2.23. The van der Waals surface area contributed by atoms with Crippen molar-refractivity contribution in [3.63, 3.8) is 0 Å². The molecule has 0 saturated heterocycles. The highest BCUT2D eigenvalue weighted by atomic mass is 16.4. The van der Waals surface area contributed by atoms with E-state index < -0.39 is 5.97 Å². The monoisotopic (exact) mass is 249 g/mol. The van der Waals surface area contributed by atoms with E-state index in [4.69, 9.17) is 5.11 Å². The van der Waals surface area contributed by atoms with Crippen LogP contribution >= 0.6 is 0 Å². The summed E-state index contributed by atoms with van der Waals surface area (Å²) in [6, 6.07) is 0. The quantitative estimate of drug-likeness (QED) is 0.876. The molecule has 1 aliphatic rings. The van der Waals surface area contributed by atoms with E-state index in [9.17, 15) is 4.79 Å². The van der Waals surface area contributed by atoms with Gasteiger partial charge in [-0.05, 0) is 38.7 Å². The molecule has 1 aromatic heterocycles. The number of hydrogen-bond donors (Lipinski definition) is 1. The molecule has 0 spiro atoms. The summed E-state index contributed by atoms with van der Waals surface area (Å²) in [6.45, 7) is 5.92. The Morgan fingerprint density at radius 3 is 2.83 bits per heavy atom. The van der Waals surface area contributed by atoms with Crippen LogP contribution in [0.4, 0.5) is 5.95 Å². The number of fused-ring (bicyclic) bond motifs is 1. The molecule has 0 fully saturated rings. The van der Waals surface area contributed by atoms with Crippen LogP contribution in [0.1, 0.15) is 31.5 Å². The fourth-order valence-corrected chi connectivity index (χ4v) is 2.37. The Hall–Kier alpha value is -1.65. The van der Waals surface area contributed by atoms with E-state index in [1.54, 1.807) is 6.20 Å². The number of aromatic nitrogens is 2. The molecular formula is C13H19N3O2. The maximum absolute atomic E-state index is 11.0. The Bertz CT molecular complexity index is 444. The molecule has 18 heavy (non-hydrogen) atoms. The zero-order valence-electron chi connectivity index (χ0n) is 10.9. The molecule has 0 aliphatic heterocycles. The first kappa shape index (κ1) is 12.8. The highest BCUT2D eigenvalue weighted by Gasteiger charge is 2.25. The molecule has 2 rings (SSSR count). The van der Waals surface area contributed by atoms with Gasteiger partial charge in [0.1, 0.15) is 0 Å². The molecule has 1 heterocycles. The molecule has 1 atom stereocenters. The third kappa shape index (κ3) is 2.44. The predicted molar refractivity (Wildman–Crippen MR) is 68.7 cm³/mol.